The van der Waals surface area contributed by atoms with Crippen LogP contribution in [-0.2, 0) is 6.54 Å². The average Bonchev–Trinajstić information content (AvgIpc) is 2.39. The molecule has 0 spiro atoms. The molecule has 0 aliphatic carbocycles. The normalized spacial score (nSPS) is 16.8. The quantitative estimate of drug-likeness (QED) is 0.863. The molecule has 0 aromatic carbocycles. The van der Waals surface area contributed by atoms with Gasteiger partial charge in [-0.2, -0.15) is 0 Å². The van der Waals surface area contributed by atoms with Gasteiger partial charge in [-0.05, 0) is 44.5 Å². The van der Waals surface area contributed by atoms with Gasteiger partial charge in [-0.1, -0.05) is 6.42 Å². The molecule has 2 N–H and O–H groups in total. The Hall–Kier alpha value is -1.13. The fourth-order valence-electron chi connectivity index (χ4n) is 2.36. The number of piperidine rings is 1. The van der Waals surface area contributed by atoms with E-state index in [0.29, 0.717) is 19.0 Å². The summed E-state index contributed by atoms with van der Waals surface area (Å²) in [7, 11) is 0. The predicted octanol–water partition coefficient (Wildman–Crippen LogP) is 1.71. The van der Waals surface area contributed by atoms with Crippen molar-refractivity contribution in [2.75, 3.05) is 26.2 Å². The zero-order chi connectivity index (χ0) is 12.8. The van der Waals surface area contributed by atoms with Crippen molar-refractivity contribution in [1.82, 2.24) is 9.88 Å². The summed E-state index contributed by atoms with van der Waals surface area (Å²) in [4.78, 5) is 6.83. The third kappa shape index (κ3) is 3.96. The van der Waals surface area contributed by atoms with Crippen molar-refractivity contribution in [3.63, 3.8) is 0 Å². The van der Waals surface area contributed by atoms with Crippen LogP contribution in [-0.4, -0.2) is 36.1 Å². The number of hydrogen-bond donors (Lipinski definition) is 1. The lowest BCUT2D eigenvalue weighted by molar-refractivity contribution is 0.180. The third-order valence-electron chi connectivity index (χ3n) is 3.33. The van der Waals surface area contributed by atoms with Gasteiger partial charge in [-0.15, -0.1) is 0 Å². The van der Waals surface area contributed by atoms with E-state index >= 15 is 0 Å². The van der Waals surface area contributed by atoms with E-state index in [0.717, 1.165) is 17.8 Å². The van der Waals surface area contributed by atoms with Crippen molar-refractivity contribution in [3.05, 3.63) is 23.4 Å². The van der Waals surface area contributed by atoms with Crippen LogP contribution in [0, 0.1) is 6.92 Å². The smallest absolute Gasteiger partial charge is 0.213 e. The van der Waals surface area contributed by atoms with Crippen LogP contribution < -0.4 is 10.5 Å². The Morgan fingerprint density at radius 2 is 2.06 bits per heavy atom. The van der Waals surface area contributed by atoms with E-state index < -0.39 is 0 Å². The fraction of sp³-hybridized carbons (Fsp3) is 0.643. The molecule has 1 aromatic heterocycles. The molecule has 0 atom stereocenters. The highest BCUT2D eigenvalue weighted by Gasteiger charge is 2.09. The number of hydrogen-bond acceptors (Lipinski definition) is 4. The first-order valence-electron chi connectivity index (χ1n) is 6.81. The van der Waals surface area contributed by atoms with Crippen molar-refractivity contribution in [2.45, 2.75) is 32.7 Å². The zero-order valence-corrected chi connectivity index (χ0v) is 11.2. The Balaban J connectivity index is 1.80. The maximum Gasteiger partial charge on any atom is 0.213 e. The molecule has 1 saturated heterocycles. The number of pyridine rings is 1. The first kappa shape index (κ1) is 13.3. The monoisotopic (exact) mass is 249 g/mol. The minimum Gasteiger partial charge on any atom is -0.476 e. The van der Waals surface area contributed by atoms with Gasteiger partial charge in [-0.3, -0.25) is 4.90 Å². The van der Waals surface area contributed by atoms with Crippen LogP contribution in [0.4, 0.5) is 0 Å². The lowest BCUT2D eigenvalue weighted by Gasteiger charge is -2.26. The molecule has 18 heavy (non-hydrogen) atoms. The number of ether oxygens (including phenoxy) is 1. The topological polar surface area (TPSA) is 51.4 Å². The van der Waals surface area contributed by atoms with Gasteiger partial charge in [-0.25, -0.2) is 4.98 Å². The van der Waals surface area contributed by atoms with Crippen molar-refractivity contribution in [2.24, 2.45) is 5.73 Å². The summed E-state index contributed by atoms with van der Waals surface area (Å²) in [5.74, 6) is 0.701. The average molecular weight is 249 g/mol. The summed E-state index contributed by atoms with van der Waals surface area (Å²) in [6.07, 6.45) is 4.01. The van der Waals surface area contributed by atoms with Gasteiger partial charge < -0.3 is 10.5 Å². The second-order valence-corrected chi connectivity index (χ2v) is 4.91. The fourth-order valence-corrected chi connectivity index (χ4v) is 2.36. The van der Waals surface area contributed by atoms with Crippen molar-refractivity contribution in [3.8, 4) is 5.88 Å². The zero-order valence-electron chi connectivity index (χ0n) is 11.2. The highest BCUT2D eigenvalue weighted by atomic mass is 16.5. The summed E-state index contributed by atoms with van der Waals surface area (Å²) in [5.41, 5.74) is 7.68. The number of likely N-dealkylation sites (tertiary alicyclic amines) is 1. The van der Waals surface area contributed by atoms with Crippen LogP contribution in [0.15, 0.2) is 12.1 Å². The molecular weight excluding hydrogens is 226 g/mol. The Morgan fingerprint density at radius 1 is 1.28 bits per heavy atom. The molecule has 0 bridgehead atoms. The van der Waals surface area contributed by atoms with E-state index in [1.165, 1.54) is 32.4 Å². The summed E-state index contributed by atoms with van der Waals surface area (Å²) in [5, 5.41) is 0. The standard InChI is InChI=1S/C14H23N3O/c1-12-9-13(11-15)10-14(16-12)18-8-7-17-5-3-2-4-6-17/h9-10H,2-8,11,15H2,1H3. The molecule has 1 fully saturated rings. The minimum atomic E-state index is 0.534. The molecule has 0 radical (unpaired) electrons. The van der Waals surface area contributed by atoms with Crippen molar-refractivity contribution < 1.29 is 4.74 Å². The van der Waals surface area contributed by atoms with E-state index in [1.54, 1.807) is 0 Å². The van der Waals surface area contributed by atoms with Gasteiger partial charge in [0.15, 0.2) is 0 Å². The lowest BCUT2D eigenvalue weighted by Crippen LogP contribution is -2.33. The van der Waals surface area contributed by atoms with Crippen molar-refractivity contribution >= 4 is 0 Å². The maximum absolute atomic E-state index is 5.72. The van der Waals surface area contributed by atoms with Crippen LogP contribution in [0.25, 0.3) is 0 Å². The maximum atomic E-state index is 5.72. The molecule has 4 heteroatoms. The van der Waals surface area contributed by atoms with Crippen LogP contribution in [0.5, 0.6) is 5.88 Å². The molecule has 2 rings (SSSR count). The minimum absolute atomic E-state index is 0.534. The highest BCUT2D eigenvalue weighted by Crippen LogP contribution is 2.12. The Bertz CT molecular complexity index is 375. The third-order valence-corrected chi connectivity index (χ3v) is 3.33. The number of aromatic nitrogens is 1. The number of nitrogens with two attached hydrogens (primary N) is 1. The summed E-state index contributed by atoms with van der Waals surface area (Å²) >= 11 is 0. The Kier molecular flexibility index (Phi) is 4.96. The molecule has 0 amide bonds. The van der Waals surface area contributed by atoms with E-state index in [-0.39, 0.29) is 0 Å². The lowest BCUT2D eigenvalue weighted by atomic mass is 10.1. The van der Waals surface area contributed by atoms with Gasteiger partial charge >= 0.3 is 0 Å². The SMILES string of the molecule is Cc1cc(CN)cc(OCCN2CCCCC2)n1. The number of aryl methyl sites for hydroxylation is 1. The summed E-state index contributed by atoms with van der Waals surface area (Å²) in [6, 6.07) is 3.93. The first-order chi connectivity index (χ1) is 8.78. The van der Waals surface area contributed by atoms with Crippen LogP contribution in [0.3, 0.4) is 0 Å². The number of nitrogens with zero attached hydrogens (tertiary/aromatic N) is 2. The largest absolute Gasteiger partial charge is 0.476 e. The Morgan fingerprint density at radius 3 is 2.78 bits per heavy atom. The van der Waals surface area contributed by atoms with E-state index in [1.807, 2.05) is 19.1 Å². The van der Waals surface area contributed by atoms with Crippen LogP contribution in [0.2, 0.25) is 0 Å². The van der Waals surface area contributed by atoms with Gasteiger partial charge in [0.25, 0.3) is 0 Å². The van der Waals surface area contributed by atoms with E-state index in [9.17, 15) is 0 Å². The molecule has 1 aliphatic rings. The van der Waals surface area contributed by atoms with Crippen molar-refractivity contribution in [1.29, 1.82) is 0 Å². The molecule has 0 unspecified atom stereocenters. The molecule has 0 saturated carbocycles. The number of rotatable bonds is 5. The van der Waals surface area contributed by atoms with Gasteiger partial charge in [0.1, 0.15) is 6.61 Å². The molecule has 4 nitrogen and oxygen atoms in total. The van der Waals surface area contributed by atoms with Crippen LogP contribution >= 0.6 is 0 Å². The highest BCUT2D eigenvalue weighted by molar-refractivity contribution is 5.24. The molecule has 2 heterocycles. The van der Waals surface area contributed by atoms with Crippen LogP contribution in [0.1, 0.15) is 30.5 Å². The Labute approximate surface area is 109 Å². The van der Waals surface area contributed by atoms with E-state index in [4.69, 9.17) is 10.5 Å². The second kappa shape index (κ2) is 6.71. The van der Waals surface area contributed by atoms with Gasteiger partial charge in [0.05, 0.1) is 0 Å². The first-order valence-corrected chi connectivity index (χ1v) is 6.81. The summed E-state index contributed by atoms with van der Waals surface area (Å²) in [6.45, 7) is 6.62. The molecule has 100 valence electrons. The molecular formula is C14H23N3O. The predicted molar refractivity (Wildman–Crippen MR) is 72.7 cm³/mol. The molecule has 1 aliphatic heterocycles. The molecule has 1 aromatic rings. The second-order valence-electron chi connectivity index (χ2n) is 4.91. The van der Waals surface area contributed by atoms with Gasteiger partial charge in [0.2, 0.25) is 5.88 Å². The summed E-state index contributed by atoms with van der Waals surface area (Å²) < 4.78 is 5.72. The van der Waals surface area contributed by atoms with E-state index in [2.05, 4.69) is 9.88 Å². The van der Waals surface area contributed by atoms with Gasteiger partial charge in [0, 0.05) is 24.8 Å².